The van der Waals surface area contributed by atoms with E-state index in [1.807, 2.05) is 23.1 Å². The second-order valence-electron chi connectivity index (χ2n) is 7.32. The lowest BCUT2D eigenvalue weighted by atomic mass is 10.0. The molecular formula is C23H20F3N3O. The minimum Gasteiger partial charge on any atom is -0.330 e. The first-order valence-corrected chi connectivity index (χ1v) is 9.75. The van der Waals surface area contributed by atoms with Crippen molar-refractivity contribution in [3.8, 4) is 0 Å². The topological polar surface area (TPSA) is 46.1 Å². The second kappa shape index (κ2) is 8.26. The van der Waals surface area contributed by atoms with Gasteiger partial charge in [-0.05, 0) is 54.8 Å². The highest BCUT2D eigenvalue weighted by Crippen LogP contribution is 2.33. The molecule has 3 heterocycles. The van der Waals surface area contributed by atoms with Crippen LogP contribution in [0.5, 0.6) is 0 Å². The van der Waals surface area contributed by atoms with Gasteiger partial charge >= 0.3 is 6.18 Å². The fraction of sp³-hybridized carbons (Fsp3) is 0.261. The van der Waals surface area contributed by atoms with Crippen molar-refractivity contribution in [2.45, 2.75) is 31.5 Å². The average molecular weight is 411 g/mol. The minimum absolute atomic E-state index is 0.0689. The molecule has 1 saturated heterocycles. The second-order valence-corrected chi connectivity index (χ2v) is 7.32. The Kier molecular flexibility index (Phi) is 5.53. The molecule has 2 aromatic heterocycles. The molecule has 4 rings (SSSR count). The summed E-state index contributed by atoms with van der Waals surface area (Å²) < 4.78 is 38.2. The number of halogens is 3. The van der Waals surface area contributed by atoms with Crippen LogP contribution in [0, 0.1) is 0 Å². The summed E-state index contributed by atoms with van der Waals surface area (Å²) in [6.45, 7) is 0.656. The van der Waals surface area contributed by atoms with Crippen molar-refractivity contribution in [1.29, 1.82) is 0 Å². The maximum Gasteiger partial charge on any atom is 0.416 e. The number of amides is 1. The Morgan fingerprint density at radius 3 is 2.57 bits per heavy atom. The van der Waals surface area contributed by atoms with Crippen molar-refractivity contribution >= 4 is 5.91 Å². The molecule has 1 amide bonds. The number of hydrogen-bond donors (Lipinski definition) is 0. The van der Waals surface area contributed by atoms with Gasteiger partial charge in [-0.15, -0.1) is 0 Å². The van der Waals surface area contributed by atoms with Crippen molar-refractivity contribution in [1.82, 2.24) is 14.9 Å². The molecule has 0 radical (unpaired) electrons. The Balaban J connectivity index is 1.52. The SMILES string of the molecule is O=C(c1cccnc1)N1CCC[C@H]1c1cccc(Cc2ccc(C(F)(F)F)cc2)n1. The first kappa shape index (κ1) is 20.1. The number of alkyl halides is 3. The van der Waals surface area contributed by atoms with Crippen LogP contribution in [0.3, 0.4) is 0 Å². The molecular weight excluding hydrogens is 391 g/mol. The molecule has 0 aliphatic carbocycles. The van der Waals surface area contributed by atoms with Crippen LogP contribution in [0.2, 0.25) is 0 Å². The lowest BCUT2D eigenvalue weighted by molar-refractivity contribution is -0.137. The van der Waals surface area contributed by atoms with Crippen molar-refractivity contribution in [2.75, 3.05) is 6.54 Å². The normalized spacial score (nSPS) is 16.6. The van der Waals surface area contributed by atoms with E-state index < -0.39 is 11.7 Å². The molecule has 1 fully saturated rings. The third-order valence-electron chi connectivity index (χ3n) is 5.26. The minimum atomic E-state index is -4.34. The van der Waals surface area contributed by atoms with Gasteiger partial charge in [-0.1, -0.05) is 18.2 Å². The Hall–Kier alpha value is -3.22. The smallest absolute Gasteiger partial charge is 0.330 e. The first-order chi connectivity index (χ1) is 14.4. The quantitative estimate of drug-likeness (QED) is 0.603. The van der Waals surface area contributed by atoms with E-state index in [0.29, 0.717) is 18.5 Å². The zero-order chi connectivity index (χ0) is 21.1. The zero-order valence-corrected chi connectivity index (χ0v) is 16.1. The number of aromatic nitrogens is 2. The molecule has 7 heteroatoms. The number of nitrogens with zero attached hydrogens (tertiary/aromatic N) is 3. The van der Waals surface area contributed by atoms with E-state index in [9.17, 15) is 18.0 Å². The largest absolute Gasteiger partial charge is 0.416 e. The summed E-state index contributed by atoms with van der Waals surface area (Å²) in [4.78, 5) is 23.4. The molecule has 3 aromatic rings. The van der Waals surface area contributed by atoms with Crippen LogP contribution in [0.1, 0.15) is 51.8 Å². The van der Waals surface area contributed by atoms with Gasteiger partial charge in [0.2, 0.25) is 0 Å². The molecule has 154 valence electrons. The highest BCUT2D eigenvalue weighted by atomic mass is 19.4. The van der Waals surface area contributed by atoms with Crippen molar-refractivity contribution in [2.24, 2.45) is 0 Å². The Morgan fingerprint density at radius 1 is 1.07 bits per heavy atom. The summed E-state index contributed by atoms with van der Waals surface area (Å²) in [6.07, 6.45) is 0.986. The molecule has 0 N–H and O–H groups in total. The van der Waals surface area contributed by atoms with Gasteiger partial charge in [0.15, 0.2) is 0 Å². The lowest BCUT2D eigenvalue weighted by Crippen LogP contribution is -2.31. The number of likely N-dealkylation sites (tertiary alicyclic amines) is 1. The van der Waals surface area contributed by atoms with E-state index in [0.717, 1.165) is 41.9 Å². The van der Waals surface area contributed by atoms with Crippen molar-refractivity contribution < 1.29 is 18.0 Å². The molecule has 0 spiro atoms. The molecule has 0 unspecified atom stereocenters. The number of rotatable bonds is 4. The van der Waals surface area contributed by atoms with E-state index in [1.54, 1.807) is 24.5 Å². The molecule has 30 heavy (non-hydrogen) atoms. The lowest BCUT2D eigenvalue weighted by Gasteiger charge is -2.24. The van der Waals surface area contributed by atoms with E-state index in [1.165, 1.54) is 12.1 Å². The van der Waals surface area contributed by atoms with Gasteiger partial charge in [0.05, 0.1) is 22.9 Å². The highest BCUT2D eigenvalue weighted by molar-refractivity contribution is 5.94. The summed E-state index contributed by atoms with van der Waals surface area (Å²) in [7, 11) is 0. The van der Waals surface area contributed by atoms with E-state index in [-0.39, 0.29) is 11.9 Å². The standard InChI is InChI=1S/C23H20F3N3O/c24-23(25,26)18-10-8-16(9-11-18)14-19-5-1-6-20(28-19)21-7-3-13-29(21)22(30)17-4-2-12-27-15-17/h1-2,4-6,8-12,15,21H,3,7,13-14H2/t21-/m0/s1. The van der Waals surface area contributed by atoms with Gasteiger partial charge in [-0.2, -0.15) is 13.2 Å². The van der Waals surface area contributed by atoms with Crippen LogP contribution in [0.15, 0.2) is 67.0 Å². The van der Waals surface area contributed by atoms with Gasteiger partial charge in [-0.3, -0.25) is 14.8 Å². The van der Waals surface area contributed by atoms with Crippen molar-refractivity contribution in [3.63, 3.8) is 0 Å². The van der Waals surface area contributed by atoms with Gasteiger partial charge < -0.3 is 4.90 Å². The third-order valence-corrected chi connectivity index (χ3v) is 5.26. The molecule has 1 atom stereocenters. The van der Waals surface area contributed by atoms with E-state index in [2.05, 4.69) is 4.98 Å². The van der Waals surface area contributed by atoms with Gasteiger partial charge in [0, 0.05) is 31.1 Å². The van der Waals surface area contributed by atoms with Crippen LogP contribution in [0.25, 0.3) is 0 Å². The first-order valence-electron chi connectivity index (χ1n) is 9.75. The number of carbonyl (C=O) groups excluding carboxylic acids is 1. The number of carbonyl (C=O) groups is 1. The summed E-state index contributed by atoms with van der Waals surface area (Å²) in [6, 6.07) is 14.1. The number of benzene rings is 1. The predicted molar refractivity (Wildman–Crippen MR) is 106 cm³/mol. The molecule has 1 aromatic carbocycles. The van der Waals surface area contributed by atoms with Crippen LogP contribution in [-0.2, 0) is 12.6 Å². The Bertz CT molecular complexity index is 1020. The zero-order valence-electron chi connectivity index (χ0n) is 16.1. The maximum absolute atomic E-state index is 12.9. The summed E-state index contributed by atoms with van der Waals surface area (Å²) in [5.74, 6) is -0.0689. The Morgan fingerprint density at radius 2 is 1.87 bits per heavy atom. The highest BCUT2D eigenvalue weighted by Gasteiger charge is 2.32. The van der Waals surface area contributed by atoms with Gasteiger partial charge in [0.25, 0.3) is 5.91 Å². The number of hydrogen-bond acceptors (Lipinski definition) is 3. The molecule has 4 nitrogen and oxygen atoms in total. The summed E-state index contributed by atoms with van der Waals surface area (Å²) >= 11 is 0. The molecule has 1 aliphatic rings. The van der Waals surface area contributed by atoms with Crippen molar-refractivity contribution in [3.05, 3.63) is 95.1 Å². The van der Waals surface area contributed by atoms with Crippen LogP contribution in [0.4, 0.5) is 13.2 Å². The van der Waals surface area contributed by atoms with Crippen LogP contribution >= 0.6 is 0 Å². The third kappa shape index (κ3) is 4.35. The van der Waals surface area contributed by atoms with E-state index >= 15 is 0 Å². The van der Waals surface area contributed by atoms with Crippen LogP contribution in [-0.4, -0.2) is 27.3 Å². The van der Waals surface area contributed by atoms with Crippen LogP contribution < -0.4 is 0 Å². The maximum atomic E-state index is 12.9. The van der Waals surface area contributed by atoms with E-state index in [4.69, 9.17) is 4.98 Å². The fourth-order valence-corrected chi connectivity index (χ4v) is 3.78. The predicted octanol–water partition coefficient (Wildman–Crippen LogP) is 5.06. The monoisotopic (exact) mass is 411 g/mol. The average Bonchev–Trinajstić information content (AvgIpc) is 3.24. The number of pyridine rings is 2. The van der Waals surface area contributed by atoms with Gasteiger partial charge in [-0.25, -0.2) is 0 Å². The fourth-order valence-electron chi connectivity index (χ4n) is 3.78. The summed E-state index contributed by atoms with van der Waals surface area (Å²) in [5, 5.41) is 0. The summed E-state index contributed by atoms with van der Waals surface area (Å²) in [5.41, 5.74) is 2.19. The molecule has 1 aliphatic heterocycles. The molecule has 0 saturated carbocycles. The molecule has 0 bridgehead atoms. The Labute approximate surface area is 172 Å². The van der Waals surface area contributed by atoms with Gasteiger partial charge in [0.1, 0.15) is 0 Å².